The lowest BCUT2D eigenvalue weighted by Crippen LogP contribution is -2.44. The number of carbonyl (C=O) groups excluding carboxylic acids is 1. The minimum atomic E-state index is -0.439. The summed E-state index contributed by atoms with van der Waals surface area (Å²) in [6.07, 6.45) is 4.29. The summed E-state index contributed by atoms with van der Waals surface area (Å²) >= 11 is 0. The Balaban J connectivity index is 2.36. The first kappa shape index (κ1) is 19.2. The van der Waals surface area contributed by atoms with Crippen molar-refractivity contribution < 1.29 is 14.3 Å². The molecular formula is C17H34N2O3. The number of amides is 1. The molecule has 1 rings (SSSR count). The summed E-state index contributed by atoms with van der Waals surface area (Å²) < 4.78 is 11.2. The fourth-order valence-electron chi connectivity index (χ4n) is 2.64. The van der Waals surface area contributed by atoms with Crippen LogP contribution < -0.4 is 5.32 Å². The lowest BCUT2D eigenvalue weighted by Gasteiger charge is -2.31. The summed E-state index contributed by atoms with van der Waals surface area (Å²) in [5, 5.41) is 3.56. The average molecular weight is 314 g/mol. The molecule has 0 aromatic carbocycles. The zero-order chi connectivity index (χ0) is 16.6. The third kappa shape index (κ3) is 7.45. The Hall–Kier alpha value is -0.810. The molecule has 5 nitrogen and oxygen atoms in total. The number of ether oxygens (including phenoxy) is 2. The van der Waals surface area contributed by atoms with Crippen molar-refractivity contribution >= 4 is 6.09 Å². The van der Waals surface area contributed by atoms with Crippen molar-refractivity contribution in [3.8, 4) is 0 Å². The molecule has 1 aliphatic rings. The second-order valence-electron chi connectivity index (χ2n) is 7.04. The highest BCUT2D eigenvalue weighted by molar-refractivity contribution is 5.68. The van der Waals surface area contributed by atoms with Crippen molar-refractivity contribution in [2.24, 2.45) is 0 Å². The van der Waals surface area contributed by atoms with Crippen LogP contribution >= 0.6 is 0 Å². The second kappa shape index (κ2) is 9.36. The third-order valence-electron chi connectivity index (χ3n) is 3.78. The molecular weight excluding hydrogens is 280 g/mol. The van der Waals surface area contributed by atoms with E-state index in [1.54, 1.807) is 4.90 Å². The van der Waals surface area contributed by atoms with Gasteiger partial charge in [-0.05, 0) is 46.5 Å². The Morgan fingerprint density at radius 3 is 2.64 bits per heavy atom. The van der Waals surface area contributed by atoms with Gasteiger partial charge in [0, 0.05) is 32.3 Å². The lowest BCUT2D eigenvalue weighted by molar-refractivity contribution is -0.00107. The predicted octanol–water partition coefficient (Wildman–Crippen LogP) is 3.18. The molecule has 1 amide bonds. The van der Waals surface area contributed by atoms with E-state index in [0.29, 0.717) is 18.7 Å². The van der Waals surface area contributed by atoms with Gasteiger partial charge < -0.3 is 19.7 Å². The topological polar surface area (TPSA) is 50.8 Å². The molecule has 1 N–H and O–H groups in total. The molecule has 1 heterocycles. The van der Waals surface area contributed by atoms with Crippen LogP contribution in [-0.4, -0.2) is 55.0 Å². The number of nitrogens with zero attached hydrogens (tertiary/aromatic N) is 1. The summed E-state index contributed by atoms with van der Waals surface area (Å²) in [5.74, 6) is 0. The molecule has 5 heteroatoms. The van der Waals surface area contributed by atoms with Crippen LogP contribution in [0.1, 0.15) is 60.3 Å². The molecule has 0 spiro atoms. The van der Waals surface area contributed by atoms with Crippen molar-refractivity contribution in [2.45, 2.75) is 78.0 Å². The van der Waals surface area contributed by atoms with Crippen molar-refractivity contribution in [1.82, 2.24) is 10.2 Å². The summed E-state index contributed by atoms with van der Waals surface area (Å²) in [6, 6.07) is 0.501. The summed E-state index contributed by atoms with van der Waals surface area (Å²) in [7, 11) is 0. The standard InChI is InChI=1S/C17H34N2O3/c1-6-10-19(16(20)22-17(3,4)5)11-9-18-14-8-12-21-15(7-2)13-14/h14-15,18H,6-13H2,1-5H3. The third-order valence-corrected chi connectivity index (χ3v) is 3.78. The Kier molecular flexibility index (Phi) is 8.18. The van der Waals surface area contributed by atoms with Gasteiger partial charge in [0.15, 0.2) is 0 Å². The predicted molar refractivity (Wildman–Crippen MR) is 89.2 cm³/mol. The van der Waals surface area contributed by atoms with Gasteiger partial charge in [-0.3, -0.25) is 0 Å². The minimum Gasteiger partial charge on any atom is -0.444 e. The number of carbonyl (C=O) groups is 1. The molecule has 130 valence electrons. The van der Waals surface area contributed by atoms with Gasteiger partial charge in [-0.25, -0.2) is 4.79 Å². The molecule has 0 radical (unpaired) electrons. The van der Waals surface area contributed by atoms with E-state index in [2.05, 4.69) is 19.2 Å². The maximum Gasteiger partial charge on any atom is 0.410 e. The fraction of sp³-hybridized carbons (Fsp3) is 0.941. The molecule has 1 aliphatic heterocycles. The van der Waals surface area contributed by atoms with Crippen LogP contribution in [0.2, 0.25) is 0 Å². The normalized spacial score (nSPS) is 22.4. The van der Waals surface area contributed by atoms with Crippen LogP contribution in [0.5, 0.6) is 0 Å². The van der Waals surface area contributed by atoms with Gasteiger partial charge in [0.05, 0.1) is 6.10 Å². The van der Waals surface area contributed by atoms with Crippen LogP contribution in [0.15, 0.2) is 0 Å². The second-order valence-corrected chi connectivity index (χ2v) is 7.04. The van der Waals surface area contributed by atoms with Gasteiger partial charge >= 0.3 is 6.09 Å². The van der Waals surface area contributed by atoms with E-state index in [-0.39, 0.29) is 6.09 Å². The highest BCUT2D eigenvalue weighted by Gasteiger charge is 2.23. The zero-order valence-electron chi connectivity index (χ0n) is 15.0. The maximum atomic E-state index is 12.2. The Bertz CT molecular complexity index is 328. The molecule has 22 heavy (non-hydrogen) atoms. The van der Waals surface area contributed by atoms with E-state index in [1.807, 2.05) is 20.8 Å². The number of rotatable bonds is 7. The van der Waals surface area contributed by atoms with Crippen molar-refractivity contribution in [3.63, 3.8) is 0 Å². The number of hydrogen-bond acceptors (Lipinski definition) is 4. The summed E-state index contributed by atoms with van der Waals surface area (Å²) in [4.78, 5) is 14.0. The van der Waals surface area contributed by atoms with E-state index in [1.165, 1.54) is 0 Å². The van der Waals surface area contributed by atoms with Crippen molar-refractivity contribution in [2.75, 3.05) is 26.2 Å². The lowest BCUT2D eigenvalue weighted by atomic mass is 10.0. The van der Waals surface area contributed by atoms with Crippen LogP contribution in [-0.2, 0) is 9.47 Å². The van der Waals surface area contributed by atoms with E-state index in [0.717, 1.165) is 45.4 Å². The average Bonchev–Trinajstić information content (AvgIpc) is 2.44. The number of hydrogen-bond donors (Lipinski definition) is 1. The van der Waals surface area contributed by atoms with E-state index in [4.69, 9.17) is 9.47 Å². The Morgan fingerprint density at radius 2 is 2.05 bits per heavy atom. The Labute approximate surface area is 135 Å². The molecule has 1 saturated heterocycles. The molecule has 0 aliphatic carbocycles. The molecule has 1 fully saturated rings. The largest absolute Gasteiger partial charge is 0.444 e. The quantitative estimate of drug-likeness (QED) is 0.784. The van der Waals surface area contributed by atoms with Gasteiger partial charge in [0.2, 0.25) is 0 Å². The summed E-state index contributed by atoms with van der Waals surface area (Å²) in [6.45, 7) is 13.0. The zero-order valence-corrected chi connectivity index (χ0v) is 15.0. The van der Waals surface area contributed by atoms with Gasteiger partial charge in [0.25, 0.3) is 0 Å². The molecule has 0 aromatic rings. The van der Waals surface area contributed by atoms with Crippen LogP contribution in [0.3, 0.4) is 0 Å². The summed E-state index contributed by atoms with van der Waals surface area (Å²) in [5.41, 5.74) is -0.439. The highest BCUT2D eigenvalue weighted by atomic mass is 16.6. The van der Waals surface area contributed by atoms with Gasteiger partial charge in [-0.2, -0.15) is 0 Å². The molecule has 0 bridgehead atoms. The van der Waals surface area contributed by atoms with Gasteiger partial charge in [-0.1, -0.05) is 13.8 Å². The van der Waals surface area contributed by atoms with Gasteiger partial charge in [0.1, 0.15) is 5.60 Å². The van der Waals surface area contributed by atoms with E-state index >= 15 is 0 Å². The monoisotopic (exact) mass is 314 g/mol. The SMILES string of the molecule is CCCN(CCNC1CCOC(CC)C1)C(=O)OC(C)(C)C. The minimum absolute atomic E-state index is 0.213. The highest BCUT2D eigenvalue weighted by Crippen LogP contribution is 2.16. The molecule has 0 saturated carbocycles. The van der Waals surface area contributed by atoms with Crippen molar-refractivity contribution in [3.05, 3.63) is 0 Å². The van der Waals surface area contributed by atoms with Crippen LogP contribution in [0, 0.1) is 0 Å². The molecule has 2 atom stereocenters. The first-order chi connectivity index (χ1) is 10.4. The molecule has 2 unspecified atom stereocenters. The van der Waals surface area contributed by atoms with Crippen molar-refractivity contribution in [1.29, 1.82) is 0 Å². The first-order valence-electron chi connectivity index (χ1n) is 8.68. The number of nitrogens with one attached hydrogen (secondary N) is 1. The fourth-order valence-corrected chi connectivity index (χ4v) is 2.64. The first-order valence-corrected chi connectivity index (χ1v) is 8.68. The van der Waals surface area contributed by atoms with Gasteiger partial charge in [-0.15, -0.1) is 0 Å². The van der Waals surface area contributed by atoms with E-state index < -0.39 is 5.60 Å². The maximum absolute atomic E-state index is 12.2. The van der Waals surface area contributed by atoms with Crippen LogP contribution in [0.4, 0.5) is 4.79 Å². The van der Waals surface area contributed by atoms with Crippen LogP contribution in [0.25, 0.3) is 0 Å². The smallest absolute Gasteiger partial charge is 0.410 e. The Morgan fingerprint density at radius 1 is 1.32 bits per heavy atom. The van der Waals surface area contributed by atoms with E-state index in [9.17, 15) is 4.79 Å². The molecule has 0 aromatic heterocycles.